The van der Waals surface area contributed by atoms with E-state index in [0.29, 0.717) is 13.2 Å². The van der Waals surface area contributed by atoms with Gasteiger partial charge in [0.1, 0.15) is 5.76 Å². The lowest BCUT2D eigenvalue weighted by Gasteiger charge is -2.39. The summed E-state index contributed by atoms with van der Waals surface area (Å²) in [4.78, 5) is 25.9. The molecule has 1 N–H and O–H groups in total. The first kappa shape index (κ1) is 16.4. The molecule has 0 radical (unpaired) electrons. The summed E-state index contributed by atoms with van der Waals surface area (Å²) < 4.78 is 10.4. The molecule has 1 aliphatic carbocycles. The maximum Gasteiger partial charge on any atom is 0.317 e. The van der Waals surface area contributed by atoms with Crippen molar-refractivity contribution >= 4 is 12.0 Å². The molecule has 6 nitrogen and oxygen atoms in total. The van der Waals surface area contributed by atoms with Crippen LogP contribution in [-0.2, 0) is 9.53 Å². The SMILES string of the molecule is CCOC(=O)C1(CNC(=O)N(C)[C@@H](C)c2ccco2)CCC1. The highest BCUT2D eigenvalue weighted by Gasteiger charge is 2.45. The molecule has 6 heteroatoms. The van der Waals surface area contributed by atoms with Crippen molar-refractivity contribution in [1.82, 2.24) is 10.2 Å². The van der Waals surface area contributed by atoms with Crippen LogP contribution in [0.3, 0.4) is 0 Å². The van der Waals surface area contributed by atoms with Gasteiger partial charge in [-0.1, -0.05) is 6.42 Å². The van der Waals surface area contributed by atoms with Crippen LogP contribution in [0.5, 0.6) is 0 Å². The number of hydrogen-bond acceptors (Lipinski definition) is 4. The molecule has 0 saturated heterocycles. The second-order valence-corrected chi connectivity index (χ2v) is 5.82. The van der Waals surface area contributed by atoms with Crippen LogP contribution in [-0.4, -0.2) is 37.1 Å². The van der Waals surface area contributed by atoms with E-state index in [-0.39, 0.29) is 18.0 Å². The van der Waals surface area contributed by atoms with E-state index in [4.69, 9.17) is 9.15 Å². The molecular formula is C16H24N2O4. The fourth-order valence-electron chi connectivity index (χ4n) is 2.61. The molecule has 2 amide bonds. The Bertz CT molecular complexity index is 508. The van der Waals surface area contributed by atoms with E-state index in [1.165, 1.54) is 0 Å². The highest BCUT2D eigenvalue weighted by molar-refractivity contribution is 5.80. The smallest absolute Gasteiger partial charge is 0.317 e. The minimum Gasteiger partial charge on any atom is -0.467 e. The fourth-order valence-corrected chi connectivity index (χ4v) is 2.61. The summed E-state index contributed by atoms with van der Waals surface area (Å²) in [7, 11) is 1.71. The molecular weight excluding hydrogens is 284 g/mol. The molecule has 0 aliphatic heterocycles. The number of carbonyl (C=O) groups excluding carboxylic acids is 2. The second-order valence-electron chi connectivity index (χ2n) is 5.82. The van der Waals surface area contributed by atoms with Gasteiger partial charge in [-0.3, -0.25) is 4.79 Å². The Kier molecular flexibility index (Phi) is 5.11. The van der Waals surface area contributed by atoms with Gasteiger partial charge in [0, 0.05) is 13.6 Å². The summed E-state index contributed by atoms with van der Waals surface area (Å²) in [6, 6.07) is 3.23. The molecule has 122 valence electrons. The van der Waals surface area contributed by atoms with Crippen LogP contribution >= 0.6 is 0 Å². The average Bonchev–Trinajstić information content (AvgIpc) is 2.98. The minimum atomic E-state index is -0.541. The van der Waals surface area contributed by atoms with Crippen molar-refractivity contribution in [1.29, 1.82) is 0 Å². The van der Waals surface area contributed by atoms with Gasteiger partial charge >= 0.3 is 12.0 Å². The van der Waals surface area contributed by atoms with Crippen LogP contribution in [0, 0.1) is 5.41 Å². The lowest BCUT2D eigenvalue weighted by atomic mass is 9.68. The van der Waals surface area contributed by atoms with Gasteiger partial charge in [0.2, 0.25) is 0 Å². The Balaban J connectivity index is 1.90. The zero-order valence-electron chi connectivity index (χ0n) is 13.4. The fraction of sp³-hybridized carbons (Fsp3) is 0.625. The Morgan fingerprint density at radius 3 is 2.73 bits per heavy atom. The Morgan fingerprint density at radius 2 is 2.23 bits per heavy atom. The Morgan fingerprint density at radius 1 is 1.50 bits per heavy atom. The maximum atomic E-state index is 12.3. The molecule has 1 aromatic heterocycles. The number of amides is 2. The molecule has 1 heterocycles. The van der Waals surface area contributed by atoms with Gasteiger partial charge in [-0.15, -0.1) is 0 Å². The molecule has 0 aromatic carbocycles. The van der Waals surface area contributed by atoms with Crippen molar-refractivity contribution in [2.45, 2.75) is 39.2 Å². The normalized spacial score (nSPS) is 17.2. The van der Waals surface area contributed by atoms with Gasteiger partial charge in [-0.2, -0.15) is 0 Å². The topological polar surface area (TPSA) is 71.8 Å². The number of carbonyl (C=O) groups is 2. The molecule has 22 heavy (non-hydrogen) atoms. The summed E-state index contributed by atoms with van der Waals surface area (Å²) >= 11 is 0. The number of nitrogens with one attached hydrogen (secondary N) is 1. The zero-order valence-corrected chi connectivity index (χ0v) is 13.4. The lowest BCUT2D eigenvalue weighted by molar-refractivity contribution is -0.160. The summed E-state index contributed by atoms with van der Waals surface area (Å²) in [6.07, 6.45) is 4.11. The minimum absolute atomic E-state index is 0.171. The van der Waals surface area contributed by atoms with E-state index in [1.54, 1.807) is 31.2 Å². The zero-order chi connectivity index (χ0) is 16.2. The number of urea groups is 1. The molecule has 1 atom stereocenters. The predicted molar refractivity (Wildman–Crippen MR) is 81.2 cm³/mol. The van der Waals surface area contributed by atoms with Crippen molar-refractivity contribution < 1.29 is 18.7 Å². The largest absolute Gasteiger partial charge is 0.467 e. The van der Waals surface area contributed by atoms with Crippen molar-refractivity contribution in [3.8, 4) is 0 Å². The summed E-state index contributed by atoms with van der Waals surface area (Å²) in [5.74, 6) is 0.518. The standard InChI is InChI=1S/C16H24N2O4/c1-4-21-14(19)16(8-6-9-16)11-17-15(20)18(3)12(2)13-7-5-10-22-13/h5,7,10,12H,4,6,8-9,11H2,1-3H3,(H,17,20)/t12-/m0/s1. The van der Waals surface area contributed by atoms with Crippen molar-refractivity contribution in [2.75, 3.05) is 20.2 Å². The van der Waals surface area contributed by atoms with Gasteiger partial charge in [-0.25, -0.2) is 4.79 Å². The van der Waals surface area contributed by atoms with Crippen LogP contribution in [0.1, 0.15) is 44.9 Å². The third kappa shape index (κ3) is 3.26. The van der Waals surface area contributed by atoms with E-state index in [2.05, 4.69) is 5.32 Å². The van der Waals surface area contributed by atoms with Gasteiger partial charge in [-0.05, 0) is 38.8 Å². The lowest BCUT2D eigenvalue weighted by Crippen LogP contribution is -2.50. The van der Waals surface area contributed by atoms with E-state index in [9.17, 15) is 9.59 Å². The van der Waals surface area contributed by atoms with Gasteiger partial charge in [0.15, 0.2) is 0 Å². The number of furan rings is 1. The average molecular weight is 308 g/mol. The van der Waals surface area contributed by atoms with E-state index in [0.717, 1.165) is 25.0 Å². The monoisotopic (exact) mass is 308 g/mol. The molecule has 0 unspecified atom stereocenters. The second kappa shape index (κ2) is 6.85. The first-order valence-corrected chi connectivity index (χ1v) is 7.71. The first-order valence-electron chi connectivity index (χ1n) is 7.71. The Labute approximate surface area is 130 Å². The summed E-state index contributed by atoms with van der Waals surface area (Å²) in [5.41, 5.74) is -0.541. The number of rotatable bonds is 6. The number of hydrogen-bond donors (Lipinski definition) is 1. The predicted octanol–water partition coefficient (Wildman–Crippen LogP) is 2.72. The molecule has 1 fully saturated rings. The molecule has 1 aliphatic rings. The Hall–Kier alpha value is -1.98. The molecule has 1 aromatic rings. The van der Waals surface area contributed by atoms with Crippen LogP contribution in [0.4, 0.5) is 4.79 Å². The van der Waals surface area contributed by atoms with Crippen LogP contribution < -0.4 is 5.32 Å². The van der Waals surface area contributed by atoms with Crippen molar-refractivity contribution in [3.05, 3.63) is 24.2 Å². The van der Waals surface area contributed by atoms with E-state index in [1.807, 2.05) is 13.0 Å². The number of ether oxygens (including phenoxy) is 1. The van der Waals surface area contributed by atoms with E-state index >= 15 is 0 Å². The third-order valence-corrected chi connectivity index (χ3v) is 4.45. The molecule has 0 spiro atoms. The highest BCUT2D eigenvalue weighted by atomic mass is 16.5. The summed E-state index contributed by atoms with van der Waals surface area (Å²) in [5, 5.41) is 2.85. The van der Waals surface area contributed by atoms with E-state index < -0.39 is 5.41 Å². The van der Waals surface area contributed by atoms with Crippen LogP contribution in [0.25, 0.3) is 0 Å². The van der Waals surface area contributed by atoms with Crippen molar-refractivity contribution in [2.24, 2.45) is 5.41 Å². The maximum absolute atomic E-state index is 12.3. The van der Waals surface area contributed by atoms with Gasteiger partial charge in [0.25, 0.3) is 0 Å². The number of nitrogens with zero attached hydrogens (tertiary/aromatic N) is 1. The van der Waals surface area contributed by atoms with Crippen molar-refractivity contribution in [3.63, 3.8) is 0 Å². The quantitative estimate of drug-likeness (QED) is 0.820. The van der Waals surface area contributed by atoms with Gasteiger partial charge < -0.3 is 19.4 Å². The van der Waals surface area contributed by atoms with Crippen LogP contribution in [0.15, 0.2) is 22.8 Å². The number of esters is 1. The summed E-state index contributed by atoms with van der Waals surface area (Å²) in [6.45, 7) is 4.37. The molecule has 0 bridgehead atoms. The van der Waals surface area contributed by atoms with Gasteiger partial charge in [0.05, 0.1) is 24.3 Å². The third-order valence-electron chi connectivity index (χ3n) is 4.45. The molecule has 1 saturated carbocycles. The highest BCUT2D eigenvalue weighted by Crippen LogP contribution is 2.41. The molecule has 2 rings (SSSR count). The van der Waals surface area contributed by atoms with Crippen LogP contribution in [0.2, 0.25) is 0 Å². The first-order chi connectivity index (χ1) is 10.5.